The summed E-state index contributed by atoms with van der Waals surface area (Å²) in [7, 11) is 0. The molecule has 3 rings (SSSR count). The predicted molar refractivity (Wildman–Crippen MR) is 102 cm³/mol. The zero-order chi connectivity index (χ0) is 19.9. The van der Waals surface area contributed by atoms with Gasteiger partial charge in [0.2, 0.25) is 5.91 Å². The number of halogens is 1. The molecular weight excluding hydrogens is 363 g/mol. The Kier molecular flexibility index (Phi) is 6.26. The Balaban J connectivity index is 1.57. The van der Waals surface area contributed by atoms with Crippen LogP contribution in [0.4, 0.5) is 4.39 Å². The average molecular weight is 384 g/mol. The maximum absolute atomic E-state index is 12.9. The van der Waals surface area contributed by atoms with Gasteiger partial charge < -0.3 is 19.8 Å². The van der Waals surface area contributed by atoms with Crippen LogP contribution >= 0.6 is 0 Å². The van der Waals surface area contributed by atoms with Crippen molar-refractivity contribution in [3.8, 4) is 5.75 Å². The lowest BCUT2D eigenvalue weighted by Gasteiger charge is -2.17. The molecule has 0 saturated carbocycles. The van der Waals surface area contributed by atoms with Crippen molar-refractivity contribution in [2.24, 2.45) is 0 Å². The summed E-state index contributed by atoms with van der Waals surface area (Å²) in [6.07, 6.45) is 2.13. The molecule has 146 valence electrons. The number of aromatic nitrogens is 1. The summed E-state index contributed by atoms with van der Waals surface area (Å²) < 4.78 is 23.5. The molecule has 1 atom stereocenters. The van der Waals surface area contributed by atoms with Gasteiger partial charge in [-0.3, -0.25) is 4.79 Å². The van der Waals surface area contributed by atoms with Gasteiger partial charge in [-0.15, -0.1) is 0 Å². The molecule has 0 aliphatic rings. The van der Waals surface area contributed by atoms with Crippen LogP contribution in [0.1, 0.15) is 12.5 Å². The van der Waals surface area contributed by atoms with Crippen molar-refractivity contribution >= 4 is 22.8 Å². The van der Waals surface area contributed by atoms with Crippen LogP contribution in [0.5, 0.6) is 5.75 Å². The van der Waals surface area contributed by atoms with Crippen molar-refractivity contribution in [3.63, 3.8) is 0 Å². The second-order valence-electron chi connectivity index (χ2n) is 6.29. The van der Waals surface area contributed by atoms with Gasteiger partial charge in [0, 0.05) is 30.4 Å². The first-order chi connectivity index (χ1) is 13.5. The molecular formula is C21H21FN2O4. The number of H-pyrrole nitrogens is 1. The Morgan fingerprint density at radius 1 is 1.11 bits per heavy atom. The lowest BCUT2D eigenvalue weighted by Crippen LogP contribution is -2.42. The third kappa shape index (κ3) is 5.09. The Bertz CT molecular complexity index is 952. The van der Waals surface area contributed by atoms with Gasteiger partial charge in [0.15, 0.2) is 0 Å². The van der Waals surface area contributed by atoms with Crippen LogP contribution in [-0.4, -0.2) is 36.1 Å². The quantitative estimate of drug-likeness (QED) is 0.462. The molecule has 0 bridgehead atoms. The second kappa shape index (κ2) is 9.03. The first-order valence-corrected chi connectivity index (χ1v) is 8.90. The van der Waals surface area contributed by atoms with Gasteiger partial charge in [-0.05, 0) is 35.9 Å². The van der Waals surface area contributed by atoms with Gasteiger partial charge in [-0.2, -0.15) is 0 Å². The van der Waals surface area contributed by atoms with Gasteiger partial charge in [-0.1, -0.05) is 18.2 Å². The topological polar surface area (TPSA) is 80.4 Å². The standard InChI is InChI=1S/C21H21FN2O4/c1-14(25)24-20(12-15-13-23-19-5-3-2-4-18(15)19)21(26)28-11-10-27-17-8-6-16(22)7-9-17/h2-9,13,20,23H,10-12H2,1H3,(H,24,25)/t20-/m0/s1. The van der Waals surface area contributed by atoms with E-state index in [1.807, 2.05) is 30.5 Å². The summed E-state index contributed by atoms with van der Waals surface area (Å²) in [5.74, 6) is -0.726. The molecule has 0 radical (unpaired) electrons. The molecule has 0 aliphatic carbocycles. The fourth-order valence-corrected chi connectivity index (χ4v) is 2.89. The monoisotopic (exact) mass is 384 g/mol. The van der Waals surface area contributed by atoms with E-state index in [0.717, 1.165) is 16.5 Å². The van der Waals surface area contributed by atoms with E-state index in [-0.39, 0.29) is 24.9 Å². The van der Waals surface area contributed by atoms with Crippen LogP contribution in [0.3, 0.4) is 0 Å². The van der Waals surface area contributed by atoms with E-state index < -0.39 is 12.0 Å². The fourth-order valence-electron chi connectivity index (χ4n) is 2.89. The minimum absolute atomic E-state index is 0.0141. The summed E-state index contributed by atoms with van der Waals surface area (Å²) >= 11 is 0. The summed E-state index contributed by atoms with van der Waals surface area (Å²) in [6.45, 7) is 1.49. The number of fused-ring (bicyclic) bond motifs is 1. The lowest BCUT2D eigenvalue weighted by atomic mass is 10.0. The molecule has 0 unspecified atom stereocenters. The zero-order valence-electron chi connectivity index (χ0n) is 15.4. The van der Waals surface area contributed by atoms with Gasteiger partial charge in [0.05, 0.1) is 0 Å². The van der Waals surface area contributed by atoms with E-state index in [4.69, 9.17) is 9.47 Å². The first kappa shape index (κ1) is 19.4. The lowest BCUT2D eigenvalue weighted by molar-refractivity contribution is -0.148. The van der Waals surface area contributed by atoms with Crippen molar-refractivity contribution in [1.29, 1.82) is 0 Å². The van der Waals surface area contributed by atoms with Crippen molar-refractivity contribution in [1.82, 2.24) is 10.3 Å². The van der Waals surface area contributed by atoms with Crippen molar-refractivity contribution in [2.45, 2.75) is 19.4 Å². The van der Waals surface area contributed by atoms with E-state index in [0.29, 0.717) is 12.2 Å². The molecule has 28 heavy (non-hydrogen) atoms. The van der Waals surface area contributed by atoms with E-state index >= 15 is 0 Å². The maximum atomic E-state index is 12.9. The summed E-state index contributed by atoms with van der Waals surface area (Å²) in [5.41, 5.74) is 1.87. The number of hydrogen-bond acceptors (Lipinski definition) is 4. The fraction of sp³-hybridized carbons (Fsp3) is 0.238. The maximum Gasteiger partial charge on any atom is 0.329 e. The van der Waals surface area contributed by atoms with Gasteiger partial charge in [0.1, 0.15) is 30.8 Å². The van der Waals surface area contributed by atoms with Gasteiger partial charge in [0.25, 0.3) is 0 Å². The summed E-state index contributed by atoms with van der Waals surface area (Å²) in [5, 5.41) is 3.63. The van der Waals surface area contributed by atoms with E-state index in [9.17, 15) is 14.0 Å². The number of hydrogen-bond donors (Lipinski definition) is 2. The molecule has 2 aromatic carbocycles. The highest BCUT2D eigenvalue weighted by atomic mass is 19.1. The van der Waals surface area contributed by atoms with Crippen molar-refractivity contribution in [2.75, 3.05) is 13.2 Å². The van der Waals surface area contributed by atoms with Crippen LogP contribution in [0.25, 0.3) is 10.9 Å². The first-order valence-electron chi connectivity index (χ1n) is 8.90. The molecule has 0 spiro atoms. The van der Waals surface area contributed by atoms with Gasteiger partial charge in [-0.25, -0.2) is 9.18 Å². The van der Waals surface area contributed by atoms with Crippen molar-refractivity contribution in [3.05, 3.63) is 66.1 Å². The number of aromatic amines is 1. The molecule has 3 aromatic rings. The minimum atomic E-state index is -0.803. The normalized spacial score (nSPS) is 11.8. The van der Waals surface area contributed by atoms with Crippen LogP contribution in [0, 0.1) is 5.82 Å². The molecule has 7 heteroatoms. The summed E-state index contributed by atoms with van der Waals surface area (Å²) in [4.78, 5) is 27.1. The van der Waals surface area contributed by atoms with Crippen molar-refractivity contribution < 1.29 is 23.5 Å². The largest absolute Gasteiger partial charge is 0.490 e. The van der Waals surface area contributed by atoms with Crippen LogP contribution in [0.2, 0.25) is 0 Å². The highest BCUT2D eigenvalue weighted by molar-refractivity contribution is 5.86. The Morgan fingerprint density at radius 3 is 2.61 bits per heavy atom. The highest BCUT2D eigenvalue weighted by Crippen LogP contribution is 2.19. The molecule has 1 amide bonds. The van der Waals surface area contributed by atoms with Crippen LogP contribution < -0.4 is 10.1 Å². The van der Waals surface area contributed by atoms with Crippen LogP contribution in [0.15, 0.2) is 54.7 Å². The number of carbonyl (C=O) groups is 2. The molecule has 2 N–H and O–H groups in total. The zero-order valence-corrected chi connectivity index (χ0v) is 15.4. The number of benzene rings is 2. The van der Waals surface area contributed by atoms with Crippen LogP contribution in [-0.2, 0) is 20.7 Å². The third-order valence-electron chi connectivity index (χ3n) is 4.17. The SMILES string of the molecule is CC(=O)N[C@@H](Cc1c[nH]c2ccccc12)C(=O)OCCOc1ccc(F)cc1. The minimum Gasteiger partial charge on any atom is -0.490 e. The molecule has 1 heterocycles. The van der Waals surface area contributed by atoms with Gasteiger partial charge >= 0.3 is 5.97 Å². The number of amides is 1. The number of rotatable bonds is 8. The van der Waals surface area contributed by atoms with E-state index in [1.54, 1.807) is 0 Å². The summed E-state index contributed by atoms with van der Waals surface area (Å²) in [6, 6.07) is 12.5. The predicted octanol–water partition coefficient (Wildman–Crippen LogP) is 2.98. The molecule has 6 nitrogen and oxygen atoms in total. The number of carbonyl (C=O) groups excluding carboxylic acids is 2. The Labute approximate surface area is 161 Å². The number of esters is 1. The highest BCUT2D eigenvalue weighted by Gasteiger charge is 2.23. The second-order valence-corrected chi connectivity index (χ2v) is 6.29. The number of para-hydroxylation sites is 1. The Morgan fingerprint density at radius 2 is 1.86 bits per heavy atom. The third-order valence-corrected chi connectivity index (χ3v) is 4.17. The average Bonchev–Trinajstić information content (AvgIpc) is 3.08. The Hall–Kier alpha value is -3.35. The van der Waals surface area contributed by atoms with E-state index in [1.165, 1.54) is 31.2 Å². The molecule has 1 aromatic heterocycles. The smallest absolute Gasteiger partial charge is 0.329 e. The molecule has 0 saturated heterocycles. The molecule has 0 aliphatic heterocycles. The number of ether oxygens (including phenoxy) is 2. The number of nitrogens with one attached hydrogen (secondary N) is 2. The van der Waals surface area contributed by atoms with E-state index in [2.05, 4.69) is 10.3 Å². The molecule has 0 fully saturated rings.